The number of thiophene rings is 1. The van der Waals surface area contributed by atoms with Crippen LogP contribution >= 0.6 is 11.3 Å². The molecule has 0 bridgehead atoms. The molecule has 0 spiro atoms. The number of hydrogen-bond acceptors (Lipinski definition) is 4. The molecule has 2 N–H and O–H groups in total. The smallest absolute Gasteiger partial charge is 0.252 e. The van der Waals surface area contributed by atoms with Gasteiger partial charge < -0.3 is 15.4 Å². The van der Waals surface area contributed by atoms with Gasteiger partial charge in [-0.05, 0) is 73.2 Å². The van der Waals surface area contributed by atoms with Crippen molar-refractivity contribution in [2.45, 2.75) is 79.4 Å². The summed E-state index contributed by atoms with van der Waals surface area (Å²) in [6.45, 7) is 14.6. The summed E-state index contributed by atoms with van der Waals surface area (Å²) in [5, 5.41) is 6.37. The lowest BCUT2D eigenvalue weighted by atomic mass is 10.0. The molecule has 1 aliphatic heterocycles. The Bertz CT molecular complexity index is 1130. The summed E-state index contributed by atoms with van der Waals surface area (Å²) >= 11 is 1.85. The minimum absolute atomic E-state index is 0.0760. The quantitative estimate of drug-likeness (QED) is 0.285. The first-order valence-electron chi connectivity index (χ1n) is 13.8. The largest absolute Gasteiger partial charge is 0.488 e. The van der Waals surface area contributed by atoms with Crippen molar-refractivity contribution < 1.29 is 9.53 Å². The Kier molecular flexibility index (Phi) is 11.2. The van der Waals surface area contributed by atoms with Crippen molar-refractivity contribution in [2.24, 2.45) is 5.92 Å². The highest BCUT2D eigenvalue weighted by molar-refractivity contribution is 7.15. The highest BCUT2D eigenvalue weighted by Gasteiger charge is 2.20. The number of amides is 1. The van der Waals surface area contributed by atoms with E-state index in [2.05, 4.69) is 74.7 Å². The number of ether oxygens (including phenoxy) is 1. The predicted molar refractivity (Wildman–Crippen MR) is 158 cm³/mol. The summed E-state index contributed by atoms with van der Waals surface area (Å²) in [5.41, 5.74) is 3.90. The molecule has 1 fully saturated rings. The van der Waals surface area contributed by atoms with Gasteiger partial charge in [-0.25, -0.2) is 0 Å². The van der Waals surface area contributed by atoms with Crippen molar-refractivity contribution in [1.82, 2.24) is 10.6 Å². The number of carbonyl (C=O) groups is 1. The minimum Gasteiger partial charge on any atom is -0.488 e. The van der Waals surface area contributed by atoms with E-state index in [0.29, 0.717) is 11.5 Å². The van der Waals surface area contributed by atoms with E-state index in [-0.39, 0.29) is 18.1 Å². The molecule has 4 rings (SSSR count). The summed E-state index contributed by atoms with van der Waals surface area (Å²) in [4.78, 5) is 15.7. The van der Waals surface area contributed by atoms with Gasteiger partial charge in [-0.1, -0.05) is 71.2 Å². The van der Waals surface area contributed by atoms with E-state index in [1.165, 1.54) is 34.6 Å². The van der Waals surface area contributed by atoms with E-state index in [1.807, 2.05) is 43.4 Å². The summed E-state index contributed by atoms with van der Waals surface area (Å²) in [6, 6.07) is 18.6. The number of carbonyl (C=O) groups excluding carboxylic acids is 1. The van der Waals surface area contributed by atoms with E-state index in [4.69, 9.17) is 4.74 Å². The molecule has 1 aliphatic rings. The van der Waals surface area contributed by atoms with Crippen LogP contribution in [0, 0.1) is 12.8 Å². The molecule has 1 amide bonds. The van der Waals surface area contributed by atoms with E-state index in [1.54, 1.807) is 0 Å². The van der Waals surface area contributed by atoms with E-state index in [0.717, 1.165) is 36.4 Å². The zero-order chi connectivity index (χ0) is 26.8. The van der Waals surface area contributed by atoms with Crippen molar-refractivity contribution in [1.29, 1.82) is 0 Å². The molecule has 1 atom stereocenters. The van der Waals surface area contributed by atoms with Crippen LogP contribution in [0.25, 0.3) is 10.4 Å². The molecular weight excluding hydrogens is 476 g/mol. The van der Waals surface area contributed by atoms with Gasteiger partial charge in [-0.15, -0.1) is 11.3 Å². The van der Waals surface area contributed by atoms with Gasteiger partial charge in [-0.2, -0.15) is 0 Å². The zero-order valence-corrected chi connectivity index (χ0v) is 24.2. The maximum Gasteiger partial charge on any atom is 0.252 e. The molecule has 0 aliphatic carbocycles. The monoisotopic (exact) mass is 520 g/mol. The maximum absolute atomic E-state index is 13.1. The Morgan fingerprint density at radius 1 is 1.05 bits per heavy atom. The van der Waals surface area contributed by atoms with Gasteiger partial charge in [0.2, 0.25) is 0 Å². The van der Waals surface area contributed by atoms with Gasteiger partial charge in [-0.3, -0.25) is 4.79 Å². The molecule has 0 radical (unpaired) electrons. The Balaban J connectivity index is 0.000000695. The summed E-state index contributed by atoms with van der Waals surface area (Å²) in [5.74, 6) is 1.32. The van der Waals surface area contributed by atoms with E-state index >= 15 is 0 Å². The standard InChI is InChI=1S/C27H32N2O2S.C5H12/c1-17(2)12-24-10-11-26(32-24)21-7-5-6-20(13-21)19(4)29-27(30)25-14-22(9-8-18(25)3)31-23-15-28-16-23;1-3-5-4-2/h5-11,13-14,17,19,23,28H,12,15-16H2,1-4H3,(H,29,30);3-5H2,1-2H3. The fourth-order valence-corrected chi connectivity index (χ4v) is 5.39. The molecule has 5 heteroatoms. The molecule has 3 aromatic rings. The summed E-state index contributed by atoms with van der Waals surface area (Å²) < 4.78 is 5.93. The van der Waals surface area contributed by atoms with E-state index < -0.39 is 0 Å². The highest BCUT2D eigenvalue weighted by Crippen LogP contribution is 2.31. The zero-order valence-electron chi connectivity index (χ0n) is 23.4. The van der Waals surface area contributed by atoms with Gasteiger partial charge in [0.05, 0.1) is 6.04 Å². The number of unbranched alkanes of at least 4 members (excludes halogenated alkanes) is 2. The maximum atomic E-state index is 13.1. The Hall–Kier alpha value is -2.63. The van der Waals surface area contributed by atoms with Gasteiger partial charge in [0, 0.05) is 28.4 Å². The molecule has 2 heterocycles. The number of nitrogens with one attached hydrogen (secondary N) is 2. The van der Waals surface area contributed by atoms with Crippen LogP contribution in [0.2, 0.25) is 0 Å². The fraction of sp³-hybridized carbons (Fsp3) is 0.469. The molecular formula is C32H44N2O2S. The van der Waals surface area contributed by atoms with Crippen molar-refractivity contribution in [3.63, 3.8) is 0 Å². The number of aryl methyl sites for hydroxylation is 1. The molecule has 0 saturated carbocycles. The van der Waals surface area contributed by atoms with Crippen molar-refractivity contribution >= 4 is 17.2 Å². The fourth-order valence-electron chi connectivity index (χ4n) is 4.17. The number of rotatable bonds is 10. The molecule has 200 valence electrons. The first-order chi connectivity index (χ1) is 17.8. The van der Waals surface area contributed by atoms with Crippen LogP contribution in [0.1, 0.15) is 86.3 Å². The van der Waals surface area contributed by atoms with Crippen LogP contribution in [0.4, 0.5) is 0 Å². The average molecular weight is 521 g/mol. The second-order valence-corrected chi connectivity index (χ2v) is 11.6. The normalized spacial score (nSPS) is 13.9. The van der Waals surface area contributed by atoms with Gasteiger partial charge in [0.25, 0.3) is 5.91 Å². The minimum atomic E-state index is -0.0997. The third kappa shape index (κ3) is 8.72. The number of benzene rings is 2. The first-order valence-corrected chi connectivity index (χ1v) is 14.6. The average Bonchev–Trinajstić information content (AvgIpc) is 3.31. The third-order valence-electron chi connectivity index (χ3n) is 6.50. The van der Waals surface area contributed by atoms with Crippen molar-refractivity contribution in [3.05, 3.63) is 76.2 Å². The van der Waals surface area contributed by atoms with Crippen LogP contribution in [-0.2, 0) is 6.42 Å². The Labute approximate surface area is 227 Å². The summed E-state index contributed by atoms with van der Waals surface area (Å²) in [7, 11) is 0. The molecule has 4 nitrogen and oxygen atoms in total. The van der Waals surface area contributed by atoms with Gasteiger partial charge in [0.1, 0.15) is 11.9 Å². The Morgan fingerprint density at radius 3 is 2.43 bits per heavy atom. The van der Waals surface area contributed by atoms with Crippen LogP contribution in [0.5, 0.6) is 5.75 Å². The molecule has 1 unspecified atom stereocenters. The first kappa shape index (κ1) is 28.9. The lowest BCUT2D eigenvalue weighted by Crippen LogP contribution is -2.50. The lowest BCUT2D eigenvalue weighted by molar-refractivity contribution is 0.0937. The van der Waals surface area contributed by atoms with Gasteiger partial charge >= 0.3 is 0 Å². The molecule has 1 saturated heterocycles. The second-order valence-electron chi connectivity index (χ2n) is 10.4. The highest BCUT2D eigenvalue weighted by atomic mass is 32.1. The predicted octanol–water partition coefficient (Wildman–Crippen LogP) is 7.96. The SMILES string of the molecule is CCCCC.Cc1ccc(OC2CNC2)cc1C(=O)NC(C)c1cccc(-c2ccc(CC(C)C)s2)c1. The van der Waals surface area contributed by atoms with E-state index in [9.17, 15) is 4.79 Å². The van der Waals surface area contributed by atoms with Crippen molar-refractivity contribution in [3.8, 4) is 16.2 Å². The van der Waals surface area contributed by atoms with Crippen LogP contribution in [0.3, 0.4) is 0 Å². The molecule has 1 aromatic heterocycles. The molecule has 37 heavy (non-hydrogen) atoms. The lowest BCUT2D eigenvalue weighted by Gasteiger charge is -2.28. The second kappa shape index (κ2) is 14.3. The molecule has 2 aromatic carbocycles. The number of hydrogen-bond donors (Lipinski definition) is 2. The Morgan fingerprint density at radius 2 is 1.81 bits per heavy atom. The van der Waals surface area contributed by atoms with Crippen molar-refractivity contribution in [2.75, 3.05) is 13.1 Å². The topological polar surface area (TPSA) is 50.4 Å². The third-order valence-corrected chi connectivity index (χ3v) is 7.65. The van der Waals surface area contributed by atoms with Gasteiger partial charge in [0.15, 0.2) is 0 Å². The van der Waals surface area contributed by atoms with Crippen LogP contribution < -0.4 is 15.4 Å². The van der Waals surface area contributed by atoms with Crippen LogP contribution in [-0.4, -0.2) is 25.1 Å². The van der Waals surface area contributed by atoms with Crippen LogP contribution in [0.15, 0.2) is 54.6 Å². The summed E-state index contributed by atoms with van der Waals surface area (Å²) in [6.07, 6.45) is 5.37.